The van der Waals surface area contributed by atoms with Gasteiger partial charge in [-0.3, -0.25) is 10.1 Å². The SMILES string of the molecule is COCC(CNc1cc(C(=O)O)ccc1[N+](=O)[O-])OC. The third-order valence-corrected chi connectivity index (χ3v) is 2.65. The highest BCUT2D eigenvalue weighted by Crippen LogP contribution is 2.25. The molecule has 0 spiro atoms. The van der Waals surface area contributed by atoms with Crippen LogP contribution in [0.4, 0.5) is 11.4 Å². The van der Waals surface area contributed by atoms with Crippen molar-refractivity contribution < 1.29 is 24.3 Å². The first kappa shape index (κ1) is 15.9. The molecule has 8 nitrogen and oxygen atoms in total. The van der Waals surface area contributed by atoms with E-state index in [9.17, 15) is 14.9 Å². The van der Waals surface area contributed by atoms with Crippen LogP contribution in [0.2, 0.25) is 0 Å². The molecule has 1 rings (SSSR count). The number of nitrogens with zero attached hydrogens (tertiary/aromatic N) is 1. The van der Waals surface area contributed by atoms with Crippen LogP contribution in [0.1, 0.15) is 10.4 Å². The van der Waals surface area contributed by atoms with Gasteiger partial charge < -0.3 is 19.9 Å². The molecule has 110 valence electrons. The van der Waals surface area contributed by atoms with E-state index in [1.807, 2.05) is 0 Å². The number of aromatic carboxylic acids is 1. The predicted octanol–water partition coefficient (Wildman–Crippen LogP) is 1.37. The zero-order valence-corrected chi connectivity index (χ0v) is 11.2. The number of nitro groups is 1. The Labute approximate surface area is 115 Å². The third kappa shape index (κ3) is 4.18. The Morgan fingerprint density at radius 3 is 2.70 bits per heavy atom. The molecule has 2 N–H and O–H groups in total. The van der Waals surface area contributed by atoms with Crippen LogP contribution in [0.5, 0.6) is 0 Å². The second-order valence-electron chi connectivity index (χ2n) is 3.99. The van der Waals surface area contributed by atoms with Crippen LogP contribution in [-0.4, -0.2) is 49.5 Å². The number of ether oxygens (including phenoxy) is 2. The summed E-state index contributed by atoms with van der Waals surface area (Å²) in [4.78, 5) is 21.2. The molecule has 0 saturated heterocycles. The Hall–Kier alpha value is -2.19. The lowest BCUT2D eigenvalue weighted by molar-refractivity contribution is -0.384. The van der Waals surface area contributed by atoms with E-state index in [0.29, 0.717) is 6.61 Å². The van der Waals surface area contributed by atoms with E-state index in [0.717, 1.165) is 6.07 Å². The summed E-state index contributed by atoms with van der Waals surface area (Å²) in [5.74, 6) is -1.15. The molecule has 0 heterocycles. The molecule has 8 heteroatoms. The van der Waals surface area contributed by atoms with E-state index >= 15 is 0 Å². The highest BCUT2D eigenvalue weighted by molar-refractivity contribution is 5.90. The van der Waals surface area contributed by atoms with Gasteiger partial charge in [-0.15, -0.1) is 0 Å². The summed E-state index contributed by atoms with van der Waals surface area (Å²) in [6.45, 7) is 0.574. The first-order valence-corrected chi connectivity index (χ1v) is 5.77. The first-order chi connectivity index (χ1) is 9.49. The van der Waals surface area contributed by atoms with Gasteiger partial charge in [0, 0.05) is 26.8 Å². The Morgan fingerprint density at radius 2 is 2.20 bits per heavy atom. The van der Waals surface area contributed by atoms with Gasteiger partial charge in [0.25, 0.3) is 5.69 Å². The standard InChI is InChI=1S/C12H16N2O6/c1-19-7-9(20-2)6-13-10-5-8(12(15)16)3-4-11(10)14(17)18/h3-5,9,13H,6-7H2,1-2H3,(H,15,16). The lowest BCUT2D eigenvalue weighted by Gasteiger charge is -2.16. The molecule has 1 atom stereocenters. The maximum atomic E-state index is 10.9. The average Bonchev–Trinajstić information content (AvgIpc) is 2.42. The van der Waals surface area contributed by atoms with Crippen molar-refractivity contribution in [2.45, 2.75) is 6.10 Å². The van der Waals surface area contributed by atoms with Crippen molar-refractivity contribution in [2.75, 3.05) is 32.7 Å². The van der Waals surface area contributed by atoms with Gasteiger partial charge in [0.15, 0.2) is 0 Å². The van der Waals surface area contributed by atoms with Crippen molar-refractivity contribution in [1.82, 2.24) is 0 Å². The summed E-state index contributed by atoms with van der Waals surface area (Å²) in [5, 5.41) is 22.6. The van der Waals surface area contributed by atoms with Crippen molar-refractivity contribution in [1.29, 1.82) is 0 Å². The van der Waals surface area contributed by atoms with Crippen LogP contribution in [0.25, 0.3) is 0 Å². The molecule has 0 amide bonds. The fourth-order valence-corrected chi connectivity index (χ4v) is 1.59. The van der Waals surface area contributed by atoms with Gasteiger partial charge in [0.2, 0.25) is 0 Å². The minimum Gasteiger partial charge on any atom is -0.478 e. The molecule has 0 radical (unpaired) electrons. The summed E-state index contributed by atoms with van der Waals surface area (Å²) in [5.41, 5.74) is -0.0888. The van der Waals surface area contributed by atoms with E-state index in [1.54, 1.807) is 0 Å². The number of nitro benzene ring substituents is 1. The molecule has 0 saturated carbocycles. The van der Waals surface area contributed by atoms with Gasteiger partial charge in [-0.25, -0.2) is 4.79 Å². The molecule has 20 heavy (non-hydrogen) atoms. The van der Waals surface area contributed by atoms with Gasteiger partial charge in [-0.1, -0.05) is 0 Å². The zero-order chi connectivity index (χ0) is 15.1. The largest absolute Gasteiger partial charge is 0.478 e. The number of carbonyl (C=O) groups is 1. The van der Waals surface area contributed by atoms with Crippen LogP contribution in [0.15, 0.2) is 18.2 Å². The molecular weight excluding hydrogens is 268 g/mol. The molecule has 0 aliphatic rings. The van der Waals surface area contributed by atoms with Gasteiger partial charge >= 0.3 is 5.97 Å². The monoisotopic (exact) mass is 284 g/mol. The molecule has 1 aromatic carbocycles. The number of hydrogen-bond donors (Lipinski definition) is 2. The average molecular weight is 284 g/mol. The maximum absolute atomic E-state index is 10.9. The number of benzene rings is 1. The van der Waals surface area contributed by atoms with Gasteiger partial charge in [-0.2, -0.15) is 0 Å². The van der Waals surface area contributed by atoms with Crippen molar-refractivity contribution >= 4 is 17.3 Å². The molecule has 0 aliphatic heterocycles. The summed E-state index contributed by atoms with van der Waals surface area (Å²) in [6.07, 6.45) is -0.298. The van der Waals surface area contributed by atoms with Gasteiger partial charge in [0.05, 0.1) is 23.2 Å². The summed E-state index contributed by atoms with van der Waals surface area (Å²) < 4.78 is 10.0. The van der Waals surface area contributed by atoms with Crippen LogP contribution < -0.4 is 5.32 Å². The van der Waals surface area contributed by atoms with Crippen LogP contribution in [0, 0.1) is 10.1 Å². The number of rotatable bonds is 8. The fraction of sp³-hybridized carbons (Fsp3) is 0.417. The highest BCUT2D eigenvalue weighted by Gasteiger charge is 2.17. The van der Waals surface area contributed by atoms with Gasteiger partial charge in [-0.05, 0) is 12.1 Å². The van der Waals surface area contributed by atoms with Crippen LogP contribution >= 0.6 is 0 Å². The summed E-state index contributed by atoms with van der Waals surface area (Å²) in [6, 6.07) is 3.57. The van der Waals surface area contributed by atoms with Crippen molar-refractivity contribution in [2.24, 2.45) is 0 Å². The Kier molecular flexibility index (Phi) is 5.88. The van der Waals surface area contributed by atoms with Crippen molar-refractivity contribution in [3.8, 4) is 0 Å². The number of methoxy groups -OCH3 is 2. The van der Waals surface area contributed by atoms with E-state index < -0.39 is 10.9 Å². The molecule has 0 aromatic heterocycles. The number of anilines is 1. The van der Waals surface area contributed by atoms with Gasteiger partial charge in [0.1, 0.15) is 5.69 Å². The molecule has 0 bridgehead atoms. The zero-order valence-electron chi connectivity index (χ0n) is 11.2. The fourth-order valence-electron chi connectivity index (χ4n) is 1.59. The minimum absolute atomic E-state index is 0.0289. The molecule has 1 aromatic rings. The second-order valence-corrected chi connectivity index (χ2v) is 3.99. The molecular formula is C12H16N2O6. The van der Waals surface area contributed by atoms with E-state index in [-0.39, 0.29) is 29.6 Å². The molecule has 0 fully saturated rings. The third-order valence-electron chi connectivity index (χ3n) is 2.65. The molecule has 1 unspecified atom stereocenters. The summed E-state index contributed by atoms with van der Waals surface area (Å²) in [7, 11) is 3.01. The second kappa shape index (κ2) is 7.41. The maximum Gasteiger partial charge on any atom is 0.335 e. The smallest absolute Gasteiger partial charge is 0.335 e. The lowest BCUT2D eigenvalue weighted by atomic mass is 10.1. The predicted molar refractivity (Wildman–Crippen MR) is 71.2 cm³/mol. The number of carboxylic acids is 1. The number of carboxylic acid groups (broad SMARTS) is 1. The Morgan fingerprint density at radius 1 is 1.50 bits per heavy atom. The quantitative estimate of drug-likeness (QED) is 0.547. The number of hydrogen-bond acceptors (Lipinski definition) is 6. The Bertz CT molecular complexity index is 491. The minimum atomic E-state index is -1.15. The van der Waals surface area contributed by atoms with E-state index in [4.69, 9.17) is 14.6 Å². The van der Waals surface area contributed by atoms with E-state index in [1.165, 1.54) is 26.4 Å². The van der Waals surface area contributed by atoms with Crippen LogP contribution in [0.3, 0.4) is 0 Å². The van der Waals surface area contributed by atoms with Crippen molar-refractivity contribution in [3.63, 3.8) is 0 Å². The first-order valence-electron chi connectivity index (χ1n) is 5.77. The van der Waals surface area contributed by atoms with E-state index in [2.05, 4.69) is 5.32 Å². The highest BCUT2D eigenvalue weighted by atomic mass is 16.6. The normalized spacial score (nSPS) is 11.9. The summed E-state index contributed by atoms with van der Waals surface area (Å²) >= 11 is 0. The number of nitrogens with one attached hydrogen (secondary N) is 1. The van der Waals surface area contributed by atoms with Crippen LogP contribution in [-0.2, 0) is 9.47 Å². The Balaban J connectivity index is 2.92. The lowest BCUT2D eigenvalue weighted by Crippen LogP contribution is -2.26. The molecule has 0 aliphatic carbocycles. The topological polar surface area (TPSA) is 111 Å². The van der Waals surface area contributed by atoms with Crippen molar-refractivity contribution in [3.05, 3.63) is 33.9 Å².